The summed E-state index contributed by atoms with van der Waals surface area (Å²) in [6.45, 7) is 8.78. The van der Waals surface area contributed by atoms with Gasteiger partial charge in [0.1, 0.15) is 0 Å². The Morgan fingerprint density at radius 1 is 1.16 bits per heavy atom. The molecule has 4 nitrogen and oxygen atoms in total. The number of nitrogens with zero attached hydrogens (tertiary/aromatic N) is 2. The molecule has 1 saturated heterocycles. The summed E-state index contributed by atoms with van der Waals surface area (Å²) in [5.41, 5.74) is 5.88. The van der Waals surface area contributed by atoms with Crippen LogP contribution in [0.15, 0.2) is 0 Å². The highest BCUT2D eigenvalue weighted by Gasteiger charge is 2.21. The van der Waals surface area contributed by atoms with E-state index in [1.54, 1.807) is 0 Å². The fourth-order valence-corrected chi connectivity index (χ4v) is 2.47. The zero-order valence-corrected chi connectivity index (χ0v) is 12.7. The summed E-state index contributed by atoms with van der Waals surface area (Å²) in [6, 6.07) is 0.292. The van der Waals surface area contributed by atoms with E-state index >= 15 is 0 Å². The molecule has 1 aliphatic rings. The molecule has 1 heterocycles. The molecule has 1 rings (SSSR count). The third-order valence-electron chi connectivity index (χ3n) is 3.91. The summed E-state index contributed by atoms with van der Waals surface area (Å²) in [5, 5.41) is 0. The van der Waals surface area contributed by atoms with E-state index in [4.69, 9.17) is 5.73 Å². The Labute approximate surface area is 118 Å². The molecule has 1 fully saturated rings. The van der Waals surface area contributed by atoms with Gasteiger partial charge in [0.05, 0.1) is 6.54 Å². The molecular formula is C15H31N3O. The molecule has 0 unspecified atom stereocenters. The van der Waals surface area contributed by atoms with E-state index in [0.717, 1.165) is 39.0 Å². The van der Waals surface area contributed by atoms with Gasteiger partial charge in [-0.05, 0) is 38.8 Å². The van der Waals surface area contributed by atoms with Gasteiger partial charge in [0.15, 0.2) is 0 Å². The Morgan fingerprint density at radius 3 is 2.16 bits per heavy atom. The summed E-state index contributed by atoms with van der Waals surface area (Å²) >= 11 is 0. The number of likely N-dealkylation sites (tertiary alicyclic amines) is 1. The fourth-order valence-electron chi connectivity index (χ4n) is 2.47. The Hall–Kier alpha value is -0.610. The van der Waals surface area contributed by atoms with Gasteiger partial charge in [-0.25, -0.2) is 0 Å². The van der Waals surface area contributed by atoms with Crippen LogP contribution in [-0.4, -0.2) is 54.5 Å². The van der Waals surface area contributed by atoms with Crippen molar-refractivity contribution in [3.05, 3.63) is 0 Å². The molecule has 2 N–H and O–H groups in total. The first-order valence-electron chi connectivity index (χ1n) is 7.93. The highest BCUT2D eigenvalue weighted by Crippen LogP contribution is 2.09. The minimum Gasteiger partial charge on any atom is -0.341 e. The highest BCUT2D eigenvalue weighted by atomic mass is 16.2. The van der Waals surface area contributed by atoms with Gasteiger partial charge in [0.2, 0.25) is 5.91 Å². The van der Waals surface area contributed by atoms with Crippen molar-refractivity contribution in [3.63, 3.8) is 0 Å². The van der Waals surface area contributed by atoms with Gasteiger partial charge in [-0.1, -0.05) is 26.7 Å². The van der Waals surface area contributed by atoms with Gasteiger partial charge in [0, 0.05) is 19.1 Å². The number of carbonyl (C=O) groups is 1. The normalized spacial score (nSPS) is 17.2. The van der Waals surface area contributed by atoms with Gasteiger partial charge in [-0.3, -0.25) is 9.69 Å². The van der Waals surface area contributed by atoms with E-state index < -0.39 is 0 Å². The molecule has 0 aromatic rings. The summed E-state index contributed by atoms with van der Waals surface area (Å²) in [7, 11) is 0. The van der Waals surface area contributed by atoms with Crippen molar-refractivity contribution in [2.45, 2.75) is 58.4 Å². The molecule has 19 heavy (non-hydrogen) atoms. The topological polar surface area (TPSA) is 49.6 Å². The van der Waals surface area contributed by atoms with Crippen molar-refractivity contribution < 1.29 is 4.79 Å². The minimum absolute atomic E-state index is 0.291. The molecule has 0 aromatic heterocycles. The lowest BCUT2D eigenvalue weighted by Gasteiger charge is -2.32. The van der Waals surface area contributed by atoms with Gasteiger partial charge in [0.25, 0.3) is 0 Å². The van der Waals surface area contributed by atoms with E-state index in [2.05, 4.69) is 18.7 Å². The number of rotatable bonds is 8. The van der Waals surface area contributed by atoms with Crippen LogP contribution in [0.4, 0.5) is 0 Å². The highest BCUT2D eigenvalue weighted by molar-refractivity contribution is 5.78. The smallest absolute Gasteiger partial charge is 0.236 e. The number of unbranched alkanes of at least 4 members (excludes halogenated alkanes) is 2. The van der Waals surface area contributed by atoms with Gasteiger partial charge < -0.3 is 10.6 Å². The van der Waals surface area contributed by atoms with Crippen LogP contribution in [0.3, 0.4) is 0 Å². The predicted molar refractivity (Wildman–Crippen MR) is 80.0 cm³/mol. The van der Waals surface area contributed by atoms with E-state index in [0.29, 0.717) is 18.5 Å². The number of carbonyl (C=O) groups excluding carboxylic acids is 1. The fraction of sp³-hybridized carbons (Fsp3) is 0.933. The summed E-state index contributed by atoms with van der Waals surface area (Å²) in [4.78, 5) is 16.6. The van der Waals surface area contributed by atoms with Crippen LogP contribution in [0, 0.1) is 0 Å². The maximum absolute atomic E-state index is 12.3. The first-order valence-corrected chi connectivity index (χ1v) is 7.93. The number of hydrogen-bond donors (Lipinski definition) is 1. The van der Waals surface area contributed by atoms with Crippen LogP contribution in [0.25, 0.3) is 0 Å². The number of piperidine rings is 1. The van der Waals surface area contributed by atoms with Crippen molar-refractivity contribution in [2.24, 2.45) is 5.73 Å². The van der Waals surface area contributed by atoms with Crippen LogP contribution in [0.1, 0.15) is 52.4 Å². The lowest BCUT2D eigenvalue weighted by Crippen LogP contribution is -2.47. The second-order valence-corrected chi connectivity index (χ2v) is 5.70. The molecule has 1 aliphatic heterocycles. The maximum Gasteiger partial charge on any atom is 0.236 e. The SMILES string of the molecule is CCCCN(CCCC)CC(=O)N1CCC(N)CC1. The van der Waals surface area contributed by atoms with Crippen molar-refractivity contribution >= 4 is 5.91 Å². The van der Waals surface area contributed by atoms with Gasteiger partial charge in [-0.15, -0.1) is 0 Å². The first kappa shape index (κ1) is 16.4. The Balaban J connectivity index is 2.36. The van der Waals surface area contributed by atoms with Gasteiger partial charge >= 0.3 is 0 Å². The molecule has 0 radical (unpaired) electrons. The molecular weight excluding hydrogens is 238 g/mol. The molecule has 0 saturated carbocycles. The quantitative estimate of drug-likeness (QED) is 0.731. The largest absolute Gasteiger partial charge is 0.341 e. The minimum atomic E-state index is 0.291. The average Bonchev–Trinajstić information content (AvgIpc) is 2.42. The van der Waals surface area contributed by atoms with Crippen LogP contribution < -0.4 is 5.73 Å². The van der Waals surface area contributed by atoms with Crippen molar-refractivity contribution in [1.82, 2.24) is 9.80 Å². The lowest BCUT2D eigenvalue weighted by molar-refractivity contribution is -0.133. The van der Waals surface area contributed by atoms with E-state index in [-0.39, 0.29) is 0 Å². The van der Waals surface area contributed by atoms with Crippen LogP contribution in [0.2, 0.25) is 0 Å². The molecule has 0 aliphatic carbocycles. The molecule has 0 aromatic carbocycles. The van der Waals surface area contributed by atoms with E-state index in [1.165, 1.54) is 25.7 Å². The van der Waals surface area contributed by atoms with Crippen LogP contribution >= 0.6 is 0 Å². The third kappa shape index (κ3) is 6.39. The van der Waals surface area contributed by atoms with Gasteiger partial charge in [-0.2, -0.15) is 0 Å². The first-order chi connectivity index (χ1) is 9.17. The standard InChI is InChI=1S/C15H31N3O/c1-3-5-9-17(10-6-4-2)13-15(19)18-11-7-14(16)8-12-18/h14H,3-13,16H2,1-2H3. The molecule has 1 amide bonds. The van der Waals surface area contributed by atoms with Crippen molar-refractivity contribution in [1.29, 1.82) is 0 Å². The predicted octanol–water partition coefficient (Wildman–Crippen LogP) is 1.84. The van der Waals surface area contributed by atoms with Crippen LogP contribution in [-0.2, 0) is 4.79 Å². The number of nitrogens with two attached hydrogens (primary N) is 1. The van der Waals surface area contributed by atoms with E-state index in [1.807, 2.05) is 4.90 Å². The second kappa shape index (κ2) is 9.32. The average molecular weight is 269 g/mol. The number of amides is 1. The van der Waals surface area contributed by atoms with E-state index in [9.17, 15) is 4.79 Å². The Kier molecular flexibility index (Phi) is 8.07. The maximum atomic E-state index is 12.3. The summed E-state index contributed by atoms with van der Waals surface area (Å²) in [5.74, 6) is 0.291. The Morgan fingerprint density at radius 2 is 1.68 bits per heavy atom. The molecule has 4 heteroatoms. The summed E-state index contributed by atoms with van der Waals surface area (Å²) < 4.78 is 0. The summed E-state index contributed by atoms with van der Waals surface area (Å²) in [6.07, 6.45) is 6.65. The number of hydrogen-bond acceptors (Lipinski definition) is 3. The Bertz CT molecular complexity index is 242. The lowest BCUT2D eigenvalue weighted by atomic mass is 10.1. The molecule has 0 spiro atoms. The van der Waals surface area contributed by atoms with Crippen LogP contribution in [0.5, 0.6) is 0 Å². The zero-order valence-electron chi connectivity index (χ0n) is 12.7. The third-order valence-corrected chi connectivity index (χ3v) is 3.91. The second-order valence-electron chi connectivity index (χ2n) is 5.70. The van der Waals surface area contributed by atoms with Crippen molar-refractivity contribution in [2.75, 3.05) is 32.7 Å². The molecule has 0 bridgehead atoms. The zero-order chi connectivity index (χ0) is 14.1. The van der Waals surface area contributed by atoms with Crippen molar-refractivity contribution in [3.8, 4) is 0 Å². The molecule has 112 valence electrons. The monoisotopic (exact) mass is 269 g/mol. The molecule has 0 atom stereocenters.